The lowest BCUT2D eigenvalue weighted by Crippen LogP contribution is -2.47. The molecule has 0 heterocycles. The van der Waals surface area contributed by atoms with E-state index in [1.165, 1.54) is 38.4 Å². The molecule has 134 valence electrons. The number of amides is 1. The fraction of sp³-hybridized carbons (Fsp3) is 0.467. The van der Waals surface area contributed by atoms with Crippen molar-refractivity contribution in [3.8, 4) is 0 Å². The van der Waals surface area contributed by atoms with Crippen molar-refractivity contribution in [2.24, 2.45) is 0 Å². The molecule has 0 radical (unpaired) electrons. The summed E-state index contributed by atoms with van der Waals surface area (Å²) in [4.78, 5) is 12.2. The van der Waals surface area contributed by atoms with Gasteiger partial charge in [-0.1, -0.05) is 25.8 Å². The second kappa shape index (κ2) is 9.55. The molecule has 0 aliphatic carbocycles. The first-order chi connectivity index (χ1) is 11.3. The normalized spacial score (nSPS) is 11.2. The number of rotatable bonds is 7. The maximum absolute atomic E-state index is 12.1. The average Bonchev–Trinajstić information content (AvgIpc) is 2.56. The van der Waals surface area contributed by atoms with Gasteiger partial charge in [0, 0.05) is 26.2 Å². The summed E-state index contributed by atoms with van der Waals surface area (Å²) in [5.41, 5.74) is 5.27. The van der Waals surface area contributed by atoms with Crippen molar-refractivity contribution >= 4 is 33.3 Å². The third-order valence-corrected chi connectivity index (χ3v) is 5.29. The van der Waals surface area contributed by atoms with Crippen molar-refractivity contribution in [3.63, 3.8) is 0 Å². The van der Waals surface area contributed by atoms with E-state index in [2.05, 4.69) is 23.1 Å². The number of thiocarbonyl (C=S) groups is 1. The quantitative estimate of drug-likeness (QED) is 0.379. The Labute approximate surface area is 148 Å². The Morgan fingerprint density at radius 1 is 1.21 bits per heavy atom. The number of hydrogen-bond donors (Lipinski definition) is 3. The summed E-state index contributed by atoms with van der Waals surface area (Å²) in [6, 6.07) is 5.82. The van der Waals surface area contributed by atoms with Gasteiger partial charge in [0.1, 0.15) is 0 Å². The van der Waals surface area contributed by atoms with Crippen LogP contribution in [-0.2, 0) is 10.0 Å². The standard InChI is InChI=1S/C15H24N4O3S2/c1-4-5-6-10-16-15(23)18-17-14(20)12-8-7-9-13(11-12)24(21,22)19(2)3/h7-9,11H,4-6,10H2,1-3H3,(H,17,20)(H2,16,18,23). The number of carbonyl (C=O) groups is 1. The van der Waals surface area contributed by atoms with E-state index < -0.39 is 15.9 Å². The van der Waals surface area contributed by atoms with Gasteiger partial charge in [0.15, 0.2) is 5.11 Å². The number of unbranched alkanes of at least 4 members (excludes halogenated alkanes) is 2. The van der Waals surface area contributed by atoms with Gasteiger partial charge in [0.2, 0.25) is 10.0 Å². The molecule has 1 rings (SSSR count). The highest BCUT2D eigenvalue weighted by Gasteiger charge is 2.18. The van der Waals surface area contributed by atoms with Crippen molar-refractivity contribution in [2.45, 2.75) is 31.1 Å². The number of nitrogens with zero attached hydrogens (tertiary/aromatic N) is 1. The molecule has 0 bridgehead atoms. The summed E-state index contributed by atoms with van der Waals surface area (Å²) in [5, 5.41) is 3.29. The smallest absolute Gasteiger partial charge is 0.269 e. The van der Waals surface area contributed by atoms with Crippen LogP contribution in [0.3, 0.4) is 0 Å². The first kappa shape index (κ1) is 20.3. The molecule has 0 unspecified atom stereocenters. The highest BCUT2D eigenvalue weighted by atomic mass is 32.2. The van der Waals surface area contributed by atoms with Crippen molar-refractivity contribution in [1.82, 2.24) is 20.5 Å². The highest BCUT2D eigenvalue weighted by Crippen LogP contribution is 2.14. The lowest BCUT2D eigenvalue weighted by molar-refractivity contribution is 0.0943. The topological polar surface area (TPSA) is 90.5 Å². The number of sulfonamides is 1. The summed E-state index contributed by atoms with van der Waals surface area (Å²) in [5.74, 6) is -0.469. The zero-order chi connectivity index (χ0) is 18.2. The zero-order valence-corrected chi connectivity index (χ0v) is 15.8. The van der Waals surface area contributed by atoms with Crippen LogP contribution in [-0.4, -0.2) is 44.4 Å². The molecular formula is C15H24N4O3S2. The van der Waals surface area contributed by atoms with Crippen molar-refractivity contribution < 1.29 is 13.2 Å². The molecule has 7 nitrogen and oxygen atoms in total. The number of benzene rings is 1. The first-order valence-corrected chi connectivity index (χ1v) is 9.50. The van der Waals surface area contributed by atoms with Crippen molar-refractivity contribution in [1.29, 1.82) is 0 Å². The number of hydrazine groups is 1. The lowest BCUT2D eigenvalue weighted by Gasteiger charge is -2.13. The molecule has 1 aromatic rings. The van der Waals surface area contributed by atoms with E-state index in [1.807, 2.05) is 0 Å². The Balaban J connectivity index is 2.62. The maximum Gasteiger partial charge on any atom is 0.269 e. The summed E-state index contributed by atoms with van der Waals surface area (Å²) in [6.45, 7) is 2.84. The Morgan fingerprint density at radius 3 is 2.54 bits per heavy atom. The van der Waals surface area contributed by atoms with Gasteiger partial charge in [-0.3, -0.25) is 15.6 Å². The van der Waals surface area contributed by atoms with Gasteiger partial charge in [0.25, 0.3) is 5.91 Å². The van der Waals surface area contributed by atoms with Crippen molar-refractivity contribution in [2.75, 3.05) is 20.6 Å². The van der Waals surface area contributed by atoms with Gasteiger partial charge in [-0.25, -0.2) is 12.7 Å². The minimum absolute atomic E-state index is 0.0559. The lowest BCUT2D eigenvalue weighted by atomic mass is 10.2. The fourth-order valence-corrected chi connectivity index (χ4v) is 2.92. The van der Waals surface area contributed by atoms with Gasteiger partial charge in [0.05, 0.1) is 4.90 Å². The third kappa shape index (κ3) is 6.06. The molecule has 0 saturated heterocycles. The van der Waals surface area contributed by atoms with Crippen LogP contribution in [0.25, 0.3) is 0 Å². The molecule has 0 aromatic heterocycles. The molecule has 0 fully saturated rings. The summed E-state index contributed by atoms with van der Waals surface area (Å²) in [7, 11) is -0.713. The molecule has 9 heteroatoms. The molecule has 0 aliphatic rings. The van der Waals surface area contributed by atoms with Gasteiger partial charge >= 0.3 is 0 Å². The highest BCUT2D eigenvalue weighted by molar-refractivity contribution is 7.89. The van der Waals surface area contributed by atoms with Gasteiger partial charge in [-0.15, -0.1) is 0 Å². The van der Waals surface area contributed by atoms with E-state index in [9.17, 15) is 13.2 Å². The monoisotopic (exact) mass is 372 g/mol. The third-order valence-electron chi connectivity index (χ3n) is 3.23. The molecule has 3 N–H and O–H groups in total. The Hall–Kier alpha value is -1.71. The van der Waals surface area contributed by atoms with Crippen LogP contribution in [0.15, 0.2) is 29.2 Å². The number of carbonyl (C=O) groups excluding carboxylic acids is 1. The zero-order valence-electron chi connectivity index (χ0n) is 14.1. The van der Waals surface area contributed by atoms with Crippen molar-refractivity contribution in [3.05, 3.63) is 29.8 Å². The summed E-state index contributed by atoms with van der Waals surface area (Å²) >= 11 is 5.05. The Kier molecular flexibility index (Phi) is 8.09. The molecule has 1 aromatic carbocycles. The van der Waals surface area contributed by atoms with Gasteiger partial charge < -0.3 is 5.32 Å². The van der Waals surface area contributed by atoms with E-state index in [-0.39, 0.29) is 10.5 Å². The predicted octanol–water partition coefficient (Wildman–Crippen LogP) is 1.24. The number of hydrogen-bond acceptors (Lipinski definition) is 4. The summed E-state index contributed by atoms with van der Waals surface area (Å²) in [6.07, 6.45) is 3.22. The largest absolute Gasteiger partial charge is 0.361 e. The Morgan fingerprint density at radius 2 is 1.92 bits per heavy atom. The molecule has 24 heavy (non-hydrogen) atoms. The molecule has 1 amide bonds. The van der Waals surface area contributed by atoms with Gasteiger partial charge in [-0.05, 0) is 36.8 Å². The van der Waals surface area contributed by atoms with E-state index in [0.717, 1.165) is 30.1 Å². The van der Waals surface area contributed by atoms with Crippen LogP contribution >= 0.6 is 12.2 Å². The van der Waals surface area contributed by atoms with E-state index in [0.29, 0.717) is 5.11 Å². The summed E-state index contributed by atoms with van der Waals surface area (Å²) < 4.78 is 25.3. The van der Waals surface area contributed by atoms with Crippen LogP contribution in [0.4, 0.5) is 0 Å². The van der Waals surface area contributed by atoms with E-state index >= 15 is 0 Å². The van der Waals surface area contributed by atoms with E-state index in [4.69, 9.17) is 12.2 Å². The van der Waals surface area contributed by atoms with Crippen LogP contribution in [0, 0.1) is 0 Å². The molecular weight excluding hydrogens is 348 g/mol. The minimum atomic E-state index is -3.59. The average molecular weight is 373 g/mol. The molecule has 0 spiro atoms. The van der Waals surface area contributed by atoms with Crippen LogP contribution in [0.5, 0.6) is 0 Å². The number of nitrogens with one attached hydrogen (secondary N) is 3. The SMILES string of the molecule is CCCCCNC(=S)NNC(=O)c1cccc(S(=O)(=O)N(C)C)c1. The molecule has 0 saturated carbocycles. The van der Waals surface area contributed by atoms with E-state index in [1.54, 1.807) is 0 Å². The second-order valence-electron chi connectivity index (χ2n) is 5.36. The fourth-order valence-electron chi connectivity index (χ4n) is 1.82. The predicted molar refractivity (Wildman–Crippen MR) is 98.0 cm³/mol. The maximum atomic E-state index is 12.1. The minimum Gasteiger partial charge on any atom is -0.361 e. The molecule has 0 atom stereocenters. The van der Waals surface area contributed by atoms with Crippen LogP contribution in [0.1, 0.15) is 36.5 Å². The Bertz CT molecular complexity index is 675. The van der Waals surface area contributed by atoms with Crippen LogP contribution in [0.2, 0.25) is 0 Å². The second-order valence-corrected chi connectivity index (χ2v) is 7.92. The van der Waals surface area contributed by atoms with Crippen LogP contribution < -0.4 is 16.2 Å². The first-order valence-electron chi connectivity index (χ1n) is 7.65. The van der Waals surface area contributed by atoms with Gasteiger partial charge in [-0.2, -0.15) is 0 Å². The molecule has 0 aliphatic heterocycles.